The molecule has 1 atom stereocenters. The number of carbonyl (C=O) groups is 1. The van der Waals surface area contributed by atoms with Crippen LogP contribution in [0.2, 0.25) is 0 Å². The Balaban J connectivity index is 2.03. The van der Waals surface area contributed by atoms with E-state index in [2.05, 4.69) is 10.6 Å². The van der Waals surface area contributed by atoms with E-state index in [-0.39, 0.29) is 12.6 Å². The molecule has 0 aliphatic carbocycles. The molecular formula is C14H23N3O3. The monoisotopic (exact) mass is 281 g/mol. The van der Waals surface area contributed by atoms with Crippen molar-refractivity contribution in [1.29, 1.82) is 0 Å². The number of aliphatic hydroxyl groups excluding tert-OH is 1. The highest BCUT2D eigenvalue weighted by Gasteiger charge is 2.05. The first-order valence-electron chi connectivity index (χ1n) is 6.61. The van der Waals surface area contributed by atoms with Crippen molar-refractivity contribution in [2.75, 3.05) is 40.3 Å². The van der Waals surface area contributed by atoms with Gasteiger partial charge in [-0.3, -0.25) is 0 Å². The van der Waals surface area contributed by atoms with Crippen LogP contribution in [0, 0.1) is 0 Å². The van der Waals surface area contributed by atoms with Crippen LogP contribution in [-0.2, 0) is 0 Å². The van der Waals surface area contributed by atoms with Gasteiger partial charge in [0.25, 0.3) is 0 Å². The molecular weight excluding hydrogens is 258 g/mol. The molecule has 0 saturated heterocycles. The first kappa shape index (κ1) is 16.3. The molecule has 0 aliphatic heterocycles. The van der Waals surface area contributed by atoms with Crippen LogP contribution < -0.4 is 15.4 Å². The molecule has 0 saturated carbocycles. The molecule has 1 unspecified atom stereocenters. The number of ether oxygens (including phenoxy) is 1. The lowest BCUT2D eigenvalue weighted by atomic mass is 10.3. The molecule has 20 heavy (non-hydrogen) atoms. The van der Waals surface area contributed by atoms with Gasteiger partial charge in [0.15, 0.2) is 0 Å². The van der Waals surface area contributed by atoms with Crippen molar-refractivity contribution in [1.82, 2.24) is 15.5 Å². The van der Waals surface area contributed by atoms with E-state index in [1.54, 1.807) is 14.1 Å². The number of benzene rings is 1. The van der Waals surface area contributed by atoms with Crippen LogP contribution in [0.5, 0.6) is 5.75 Å². The summed E-state index contributed by atoms with van der Waals surface area (Å²) >= 11 is 0. The predicted octanol–water partition coefficient (Wildman–Crippen LogP) is 0.287. The second-order valence-electron chi connectivity index (χ2n) is 4.61. The molecule has 2 amide bonds. The van der Waals surface area contributed by atoms with Gasteiger partial charge in [-0.1, -0.05) is 18.2 Å². The van der Waals surface area contributed by atoms with Gasteiger partial charge in [0.2, 0.25) is 0 Å². The van der Waals surface area contributed by atoms with Crippen molar-refractivity contribution in [3.63, 3.8) is 0 Å². The van der Waals surface area contributed by atoms with Crippen LogP contribution in [0.3, 0.4) is 0 Å². The van der Waals surface area contributed by atoms with Crippen LogP contribution in [0.25, 0.3) is 0 Å². The summed E-state index contributed by atoms with van der Waals surface area (Å²) in [6.07, 6.45) is -0.584. The van der Waals surface area contributed by atoms with Crippen molar-refractivity contribution in [2.45, 2.75) is 6.10 Å². The highest BCUT2D eigenvalue weighted by molar-refractivity contribution is 5.73. The minimum atomic E-state index is -0.584. The molecule has 0 radical (unpaired) electrons. The van der Waals surface area contributed by atoms with E-state index in [1.807, 2.05) is 30.3 Å². The summed E-state index contributed by atoms with van der Waals surface area (Å²) in [6, 6.07) is 9.24. The molecule has 0 fully saturated rings. The van der Waals surface area contributed by atoms with Crippen molar-refractivity contribution >= 4 is 6.03 Å². The van der Waals surface area contributed by atoms with Gasteiger partial charge in [0.05, 0.1) is 0 Å². The van der Waals surface area contributed by atoms with Gasteiger partial charge in [-0.25, -0.2) is 4.79 Å². The minimum absolute atomic E-state index is 0.125. The molecule has 0 aliphatic rings. The SMILES string of the molecule is CN(C)C(=O)NCCNCC(O)COc1ccccc1. The standard InChI is InChI=1S/C14H23N3O3/c1-17(2)14(19)16-9-8-15-10-12(18)11-20-13-6-4-3-5-7-13/h3-7,12,15,18H,8-11H2,1-2H3,(H,16,19). The second kappa shape index (κ2) is 9.17. The third-order valence-corrected chi connectivity index (χ3v) is 2.55. The minimum Gasteiger partial charge on any atom is -0.491 e. The zero-order valence-electron chi connectivity index (χ0n) is 12.0. The summed E-state index contributed by atoms with van der Waals surface area (Å²) < 4.78 is 5.43. The number of rotatable bonds is 8. The number of carbonyl (C=O) groups excluding carboxylic acids is 1. The number of hydrogen-bond acceptors (Lipinski definition) is 4. The van der Waals surface area contributed by atoms with Gasteiger partial charge in [-0.2, -0.15) is 0 Å². The lowest BCUT2D eigenvalue weighted by molar-refractivity contribution is 0.106. The molecule has 0 bridgehead atoms. The Morgan fingerprint density at radius 3 is 2.65 bits per heavy atom. The van der Waals surface area contributed by atoms with Crippen molar-refractivity contribution in [2.24, 2.45) is 0 Å². The Hall–Kier alpha value is -1.79. The fraction of sp³-hybridized carbons (Fsp3) is 0.500. The number of amides is 2. The number of nitrogens with one attached hydrogen (secondary N) is 2. The fourth-order valence-electron chi connectivity index (χ4n) is 1.45. The third-order valence-electron chi connectivity index (χ3n) is 2.55. The largest absolute Gasteiger partial charge is 0.491 e. The second-order valence-corrected chi connectivity index (χ2v) is 4.61. The number of hydrogen-bond donors (Lipinski definition) is 3. The van der Waals surface area contributed by atoms with Crippen molar-refractivity contribution in [3.8, 4) is 5.75 Å². The summed E-state index contributed by atoms with van der Waals surface area (Å²) in [5.41, 5.74) is 0. The molecule has 0 heterocycles. The van der Waals surface area contributed by atoms with Crippen molar-refractivity contribution < 1.29 is 14.6 Å². The maximum Gasteiger partial charge on any atom is 0.316 e. The zero-order chi connectivity index (χ0) is 14.8. The highest BCUT2D eigenvalue weighted by Crippen LogP contribution is 2.08. The lowest BCUT2D eigenvalue weighted by Crippen LogP contribution is -2.40. The van der Waals surface area contributed by atoms with Crippen molar-refractivity contribution in [3.05, 3.63) is 30.3 Å². The predicted molar refractivity (Wildman–Crippen MR) is 77.9 cm³/mol. The summed E-state index contributed by atoms with van der Waals surface area (Å²) in [5.74, 6) is 0.741. The van der Waals surface area contributed by atoms with Gasteiger partial charge in [-0.15, -0.1) is 0 Å². The summed E-state index contributed by atoms with van der Waals surface area (Å²) in [4.78, 5) is 12.7. The van der Waals surface area contributed by atoms with E-state index in [9.17, 15) is 9.90 Å². The van der Waals surface area contributed by atoms with Gasteiger partial charge in [0.1, 0.15) is 18.5 Å². The summed E-state index contributed by atoms with van der Waals surface area (Å²) in [7, 11) is 3.38. The first-order chi connectivity index (χ1) is 9.59. The Morgan fingerprint density at radius 2 is 2.00 bits per heavy atom. The Morgan fingerprint density at radius 1 is 1.30 bits per heavy atom. The van der Waals surface area contributed by atoms with E-state index in [1.165, 1.54) is 4.90 Å². The summed E-state index contributed by atoms with van der Waals surface area (Å²) in [6.45, 7) is 1.77. The third kappa shape index (κ3) is 6.96. The van der Waals surface area contributed by atoms with Crippen LogP contribution in [-0.4, -0.2) is 62.5 Å². The maximum absolute atomic E-state index is 11.2. The van der Waals surface area contributed by atoms with E-state index in [4.69, 9.17) is 4.74 Å². The Labute approximate surface area is 119 Å². The average molecular weight is 281 g/mol. The molecule has 1 rings (SSSR count). The van der Waals surface area contributed by atoms with Crippen LogP contribution in [0.1, 0.15) is 0 Å². The lowest BCUT2D eigenvalue weighted by Gasteiger charge is -2.14. The van der Waals surface area contributed by atoms with E-state index in [0.717, 1.165) is 5.75 Å². The molecule has 112 valence electrons. The van der Waals surface area contributed by atoms with Crippen LogP contribution >= 0.6 is 0 Å². The quantitative estimate of drug-likeness (QED) is 0.599. The van der Waals surface area contributed by atoms with Crippen LogP contribution in [0.15, 0.2) is 30.3 Å². The fourth-order valence-corrected chi connectivity index (χ4v) is 1.45. The Kier molecular flexibility index (Phi) is 7.46. The average Bonchev–Trinajstić information content (AvgIpc) is 2.45. The smallest absolute Gasteiger partial charge is 0.316 e. The Bertz CT molecular complexity index is 385. The number of nitrogens with zero attached hydrogens (tertiary/aromatic N) is 1. The molecule has 6 heteroatoms. The molecule has 1 aromatic rings. The van der Waals surface area contributed by atoms with Gasteiger partial charge >= 0.3 is 6.03 Å². The topological polar surface area (TPSA) is 73.8 Å². The van der Waals surface area contributed by atoms with E-state index < -0.39 is 6.10 Å². The van der Waals surface area contributed by atoms with E-state index >= 15 is 0 Å². The van der Waals surface area contributed by atoms with Gasteiger partial charge in [-0.05, 0) is 12.1 Å². The zero-order valence-corrected chi connectivity index (χ0v) is 12.0. The van der Waals surface area contributed by atoms with E-state index in [0.29, 0.717) is 19.6 Å². The number of aliphatic hydroxyl groups is 1. The normalized spacial score (nSPS) is 11.8. The molecule has 3 N–H and O–H groups in total. The number of urea groups is 1. The maximum atomic E-state index is 11.2. The molecule has 0 spiro atoms. The summed E-state index contributed by atoms with van der Waals surface area (Å²) in [5, 5.41) is 15.5. The first-order valence-corrected chi connectivity index (χ1v) is 6.61. The molecule has 6 nitrogen and oxygen atoms in total. The van der Waals surface area contributed by atoms with Gasteiger partial charge in [0, 0.05) is 33.7 Å². The van der Waals surface area contributed by atoms with Gasteiger partial charge < -0.3 is 25.4 Å². The van der Waals surface area contributed by atoms with Crippen LogP contribution in [0.4, 0.5) is 4.79 Å². The number of para-hydroxylation sites is 1. The molecule has 0 aromatic heterocycles. The highest BCUT2D eigenvalue weighted by atomic mass is 16.5. The molecule has 1 aromatic carbocycles.